The van der Waals surface area contributed by atoms with E-state index in [-0.39, 0.29) is 5.04 Å². The Labute approximate surface area is 120 Å². The minimum Gasteiger partial charge on any atom is -0.408 e. The Balaban J connectivity index is 1.84. The van der Waals surface area contributed by atoms with Crippen LogP contribution in [-0.2, 0) is 18.6 Å². The van der Waals surface area contributed by atoms with Gasteiger partial charge >= 0.3 is 0 Å². The van der Waals surface area contributed by atoms with Gasteiger partial charge in [0.05, 0.1) is 0 Å². The summed E-state index contributed by atoms with van der Waals surface area (Å²) in [6, 6.07) is 0. The molecule has 3 heterocycles. The summed E-state index contributed by atoms with van der Waals surface area (Å²) in [5.41, 5.74) is 0. The van der Waals surface area contributed by atoms with Crippen LogP contribution in [0.3, 0.4) is 0 Å². The van der Waals surface area contributed by atoms with E-state index in [2.05, 4.69) is 33.9 Å². The zero-order valence-electron chi connectivity index (χ0n) is 12.6. The molecule has 0 amide bonds. The van der Waals surface area contributed by atoms with E-state index < -0.39 is 51.4 Å². The second-order valence-electron chi connectivity index (χ2n) is 7.41. The largest absolute Gasteiger partial charge is 0.408 e. The summed E-state index contributed by atoms with van der Waals surface area (Å²) in [6.07, 6.45) is -3.83. The van der Waals surface area contributed by atoms with Crippen LogP contribution in [0.5, 0.6) is 0 Å². The Morgan fingerprint density at radius 2 is 1.35 bits per heavy atom. The van der Waals surface area contributed by atoms with Crippen LogP contribution in [0, 0.1) is 0 Å². The molecule has 0 aromatic rings. The monoisotopic (exact) mass is 304 g/mol. The number of hydrogen-bond acceptors (Lipinski definition) is 6. The van der Waals surface area contributed by atoms with Gasteiger partial charge in [-0.3, -0.25) is 0 Å². The molecule has 0 spiro atoms. The Hall–Kier alpha value is -0.0231. The molecule has 6 nitrogen and oxygen atoms in total. The summed E-state index contributed by atoms with van der Waals surface area (Å²) >= 11 is 0. The van der Waals surface area contributed by atoms with E-state index in [1.165, 1.54) is 0 Å². The number of aliphatic hydroxyl groups excluding tert-OH is 2. The molecule has 0 aromatic carbocycles. The van der Waals surface area contributed by atoms with Crippen molar-refractivity contribution in [2.75, 3.05) is 0 Å². The maximum absolute atomic E-state index is 10.2. The quantitative estimate of drug-likeness (QED) is 0.727. The second-order valence-corrected chi connectivity index (χ2v) is 12.2. The van der Waals surface area contributed by atoms with Crippen molar-refractivity contribution in [3.8, 4) is 0 Å². The van der Waals surface area contributed by atoms with Gasteiger partial charge in [-0.15, -0.1) is 0 Å². The summed E-state index contributed by atoms with van der Waals surface area (Å²) in [6.45, 7) is 9.91. The molecule has 0 aromatic heterocycles. The minimum absolute atomic E-state index is 0.0358. The van der Waals surface area contributed by atoms with Crippen molar-refractivity contribution in [3.05, 3.63) is 0 Å². The highest BCUT2D eigenvalue weighted by molar-refractivity contribution is 6.74. The van der Waals surface area contributed by atoms with Crippen molar-refractivity contribution in [1.29, 1.82) is 0 Å². The van der Waals surface area contributed by atoms with Crippen molar-refractivity contribution >= 4 is 8.32 Å². The molecule has 0 radical (unpaired) electrons. The van der Waals surface area contributed by atoms with E-state index in [4.69, 9.17) is 18.6 Å². The molecule has 3 saturated heterocycles. The van der Waals surface area contributed by atoms with Gasteiger partial charge in [-0.25, -0.2) is 0 Å². The molecule has 3 aliphatic heterocycles. The van der Waals surface area contributed by atoms with Crippen LogP contribution in [-0.4, -0.2) is 61.6 Å². The van der Waals surface area contributed by atoms with Gasteiger partial charge in [-0.1, -0.05) is 20.8 Å². The van der Waals surface area contributed by atoms with Crippen molar-refractivity contribution in [1.82, 2.24) is 0 Å². The molecular formula is C13H24O6Si. The fourth-order valence-corrected chi connectivity index (χ4v) is 4.06. The van der Waals surface area contributed by atoms with Crippen molar-refractivity contribution in [3.63, 3.8) is 0 Å². The van der Waals surface area contributed by atoms with Gasteiger partial charge < -0.3 is 28.8 Å². The first-order valence-corrected chi connectivity index (χ1v) is 10.0. The zero-order valence-corrected chi connectivity index (χ0v) is 13.6. The molecule has 3 unspecified atom stereocenters. The molecule has 4 rings (SSSR count). The summed E-state index contributed by atoms with van der Waals surface area (Å²) in [7, 11) is -2.05. The van der Waals surface area contributed by atoms with Gasteiger partial charge in [-0.2, -0.15) is 0 Å². The van der Waals surface area contributed by atoms with Gasteiger partial charge in [0.15, 0.2) is 8.32 Å². The SMILES string of the molecule is CC(C)(C)[Si](C)(C)OC1[C@H]2OC3OC([C@H]2O)[C@H](O)[C@H]1O3. The minimum atomic E-state index is -2.05. The Morgan fingerprint density at radius 3 is 1.80 bits per heavy atom. The fourth-order valence-electron chi connectivity index (χ4n) is 2.76. The highest BCUT2D eigenvalue weighted by Crippen LogP contribution is 2.45. The first-order chi connectivity index (χ1) is 9.12. The number of rotatable bonds is 2. The van der Waals surface area contributed by atoms with Gasteiger partial charge in [-0.05, 0) is 18.1 Å². The lowest BCUT2D eigenvalue weighted by Crippen LogP contribution is -2.76. The predicted octanol–water partition coefficient (Wildman–Crippen LogP) is 0.579. The van der Waals surface area contributed by atoms with Gasteiger partial charge in [0, 0.05) is 0 Å². The summed E-state index contributed by atoms with van der Waals surface area (Å²) in [5, 5.41) is 20.5. The highest BCUT2D eigenvalue weighted by atomic mass is 28.4. The van der Waals surface area contributed by atoms with E-state index in [0.29, 0.717) is 0 Å². The number of aliphatic hydroxyl groups is 2. The Morgan fingerprint density at radius 1 is 0.900 bits per heavy atom. The van der Waals surface area contributed by atoms with Crippen LogP contribution in [0.1, 0.15) is 20.8 Å². The lowest BCUT2D eigenvalue weighted by atomic mass is 9.83. The molecular weight excluding hydrogens is 280 g/mol. The van der Waals surface area contributed by atoms with Crippen LogP contribution >= 0.6 is 0 Å². The van der Waals surface area contributed by atoms with Gasteiger partial charge in [0.1, 0.15) is 36.6 Å². The van der Waals surface area contributed by atoms with E-state index in [1.807, 2.05) is 0 Å². The first-order valence-electron chi connectivity index (χ1n) is 7.12. The standard InChI is InChI=1S/C13H24O6Si/c1-13(2,3)20(4,5)19-11-9-6(14)8-7(15)10(11)18-12(16-8)17-9/h6-12,14-15H,1-5H3/t6-,7+,8?,9+,10-,11?,12?. The molecule has 1 aliphatic carbocycles. The van der Waals surface area contributed by atoms with Crippen molar-refractivity contribution < 1.29 is 28.8 Å². The van der Waals surface area contributed by atoms with Crippen LogP contribution in [0.2, 0.25) is 18.1 Å². The molecule has 20 heavy (non-hydrogen) atoms. The topological polar surface area (TPSA) is 77.4 Å². The third-order valence-corrected chi connectivity index (χ3v) is 9.51. The number of ether oxygens (including phenoxy) is 3. The van der Waals surface area contributed by atoms with Crippen LogP contribution in [0.15, 0.2) is 0 Å². The summed E-state index contributed by atoms with van der Waals surface area (Å²) in [5.74, 6) is 0. The zero-order chi connectivity index (χ0) is 14.9. The second kappa shape index (κ2) is 4.49. The maximum Gasteiger partial charge on any atom is 0.272 e. The molecule has 1 saturated carbocycles. The molecule has 7 heteroatoms. The van der Waals surface area contributed by atoms with E-state index in [1.54, 1.807) is 0 Å². The smallest absolute Gasteiger partial charge is 0.272 e. The average molecular weight is 304 g/mol. The van der Waals surface area contributed by atoms with Crippen molar-refractivity contribution in [2.24, 2.45) is 0 Å². The lowest BCUT2D eigenvalue weighted by Gasteiger charge is -2.58. The molecule has 4 fully saturated rings. The van der Waals surface area contributed by atoms with E-state index in [0.717, 1.165) is 0 Å². The third kappa shape index (κ3) is 2.07. The van der Waals surface area contributed by atoms with Crippen LogP contribution < -0.4 is 0 Å². The molecule has 7 atom stereocenters. The molecule has 4 bridgehead atoms. The molecule has 116 valence electrons. The Kier molecular flexibility index (Phi) is 3.34. The summed E-state index contributed by atoms with van der Waals surface area (Å²) in [4.78, 5) is 0. The Bertz CT molecular complexity index is 375. The maximum atomic E-state index is 10.2. The van der Waals surface area contributed by atoms with Gasteiger partial charge in [0.2, 0.25) is 0 Å². The molecule has 4 aliphatic rings. The van der Waals surface area contributed by atoms with Crippen LogP contribution in [0.25, 0.3) is 0 Å². The van der Waals surface area contributed by atoms with E-state index >= 15 is 0 Å². The highest BCUT2D eigenvalue weighted by Gasteiger charge is 2.63. The van der Waals surface area contributed by atoms with Crippen molar-refractivity contribution in [2.45, 2.75) is 82.0 Å². The number of hydrogen-bond donors (Lipinski definition) is 2. The van der Waals surface area contributed by atoms with Gasteiger partial charge in [0.25, 0.3) is 6.48 Å². The lowest BCUT2D eigenvalue weighted by molar-refractivity contribution is -0.479. The third-order valence-electron chi connectivity index (χ3n) is 5.04. The van der Waals surface area contributed by atoms with E-state index in [9.17, 15) is 10.2 Å². The normalized spacial score (nSPS) is 47.9. The molecule has 2 N–H and O–H groups in total. The fraction of sp³-hybridized carbons (Fsp3) is 1.00. The average Bonchev–Trinajstić information content (AvgIpc) is 2.32. The van der Waals surface area contributed by atoms with Crippen LogP contribution in [0.4, 0.5) is 0 Å². The first kappa shape index (κ1) is 14.9. The summed E-state index contributed by atoms with van der Waals surface area (Å²) < 4.78 is 22.7. The predicted molar refractivity (Wildman–Crippen MR) is 72.5 cm³/mol.